The third kappa shape index (κ3) is 4.58. The molecule has 6 heteroatoms. The molecule has 6 nitrogen and oxygen atoms in total. The van der Waals surface area contributed by atoms with Crippen molar-refractivity contribution in [1.82, 2.24) is 4.98 Å². The van der Waals surface area contributed by atoms with Gasteiger partial charge in [0.2, 0.25) is 0 Å². The minimum absolute atomic E-state index is 0.128. The fraction of sp³-hybridized carbons (Fsp3) is 0.625. The molecule has 1 atom stereocenters. The van der Waals surface area contributed by atoms with Gasteiger partial charge in [-0.2, -0.15) is 5.26 Å². The average molecular weight is 307 g/mol. The highest BCUT2D eigenvalue weighted by molar-refractivity contribution is 5.69. The standard InChI is InChI=1S/C16H22N2O4/c1-20-15(19)6-5-12-11-18-14(10-17)13(12)7-9-22-16-4-2-3-8-21-16/h11,16,18H,2-9H2,1H3/i13+1. The van der Waals surface area contributed by atoms with E-state index in [9.17, 15) is 4.79 Å². The number of esters is 1. The third-order valence-electron chi connectivity index (χ3n) is 3.81. The maximum absolute atomic E-state index is 11.3. The molecule has 1 aliphatic rings. The van der Waals surface area contributed by atoms with Gasteiger partial charge >= 0.3 is 5.97 Å². The number of rotatable bonds is 7. The van der Waals surface area contributed by atoms with Crippen molar-refractivity contribution in [2.75, 3.05) is 20.3 Å². The number of ether oxygens (including phenoxy) is 3. The van der Waals surface area contributed by atoms with Crippen LogP contribution in [0.1, 0.15) is 42.5 Å². The van der Waals surface area contributed by atoms with E-state index >= 15 is 0 Å². The maximum Gasteiger partial charge on any atom is 0.305 e. The summed E-state index contributed by atoms with van der Waals surface area (Å²) in [7, 11) is 1.37. The fourth-order valence-electron chi connectivity index (χ4n) is 2.58. The van der Waals surface area contributed by atoms with Crippen LogP contribution in [0.2, 0.25) is 0 Å². The first-order valence-electron chi connectivity index (χ1n) is 7.64. The number of nitrogens with zero attached hydrogens (tertiary/aromatic N) is 1. The molecule has 2 rings (SSSR count). The lowest BCUT2D eigenvalue weighted by Gasteiger charge is -2.22. The molecule has 1 N–H and O–H groups in total. The van der Waals surface area contributed by atoms with Crippen molar-refractivity contribution in [1.29, 1.82) is 5.26 Å². The van der Waals surface area contributed by atoms with Crippen molar-refractivity contribution in [2.45, 2.75) is 44.8 Å². The Kier molecular flexibility index (Phi) is 6.44. The molecule has 0 saturated carbocycles. The van der Waals surface area contributed by atoms with Crippen molar-refractivity contribution in [3.63, 3.8) is 0 Å². The summed E-state index contributed by atoms with van der Waals surface area (Å²) < 4.78 is 15.9. The zero-order valence-electron chi connectivity index (χ0n) is 12.9. The van der Waals surface area contributed by atoms with Crippen LogP contribution in [0.5, 0.6) is 0 Å². The molecule has 1 aromatic rings. The number of H-pyrrole nitrogens is 1. The van der Waals surface area contributed by atoms with E-state index in [1.54, 1.807) is 6.20 Å². The number of carbonyl (C=O) groups excluding carboxylic acids is 1. The Labute approximate surface area is 130 Å². The molecule has 0 amide bonds. The Bertz CT molecular complexity index is 527. The number of methoxy groups -OCH3 is 1. The summed E-state index contributed by atoms with van der Waals surface area (Å²) in [5.41, 5.74) is 2.42. The van der Waals surface area contributed by atoms with Gasteiger partial charge in [-0.1, -0.05) is 0 Å². The number of aryl methyl sites for hydroxylation is 1. The van der Waals surface area contributed by atoms with Gasteiger partial charge in [0.1, 0.15) is 11.8 Å². The molecule has 0 aliphatic carbocycles. The Hall–Kier alpha value is -1.84. The van der Waals surface area contributed by atoms with Gasteiger partial charge in [0.15, 0.2) is 6.29 Å². The third-order valence-corrected chi connectivity index (χ3v) is 3.81. The van der Waals surface area contributed by atoms with Crippen molar-refractivity contribution in [3.05, 3.63) is 23.0 Å². The smallest absolute Gasteiger partial charge is 0.305 e. The lowest BCUT2D eigenvalue weighted by Crippen LogP contribution is -2.23. The lowest BCUT2D eigenvalue weighted by molar-refractivity contribution is -0.161. The Balaban J connectivity index is 1.88. The van der Waals surface area contributed by atoms with Gasteiger partial charge in [0.25, 0.3) is 0 Å². The summed E-state index contributed by atoms with van der Waals surface area (Å²) in [6.45, 7) is 1.26. The number of nitrogens with one attached hydrogen (secondary N) is 1. The molecular weight excluding hydrogens is 285 g/mol. The van der Waals surface area contributed by atoms with E-state index in [0.29, 0.717) is 31.6 Å². The lowest BCUT2D eigenvalue weighted by atomic mass is 10.2. The number of aromatic nitrogens is 1. The highest BCUT2D eigenvalue weighted by Gasteiger charge is 2.16. The van der Waals surface area contributed by atoms with Crippen LogP contribution in [-0.4, -0.2) is 37.6 Å². The number of carbonyl (C=O) groups is 1. The van der Waals surface area contributed by atoms with Gasteiger partial charge in [0, 0.05) is 19.2 Å². The van der Waals surface area contributed by atoms with E-state index in [0.717, 1.165) is 37.0 Å². The number of nitriles is 1. The molecule has 1 aromatic heterocycles. The van der Waals surface area contributed by atoms with Crippen LogP contribution in [-0.2, 0) is 31.8 Å². The fourth-order valence-corrected chi connectivity index (χ4v) is 2.58. The molecule has 0 bridgehead atoms. The molecule has 0 aromatic carbocycles. The van der Waals surface area contributed by atoms with Crippen LogP contribution in [0.15, 0.2) is 6.20 Å². The molecule has 1 unspecified atom stereocenters. The van der Waals surface area contributed by atoms with Gasteiger partial charge in [-0.25, -0.2) is 0 Å². The zero-order chi connectivity index (χ0) is 15.8. The average Bonchev–Trinajstić information content (AvgIpc) is 2.95. The highest BCUT2D eigenvalue weighted by Crippen LogP contribution is 2.18. The van der Waals surface area contributed by atoms with Gasteiger partial charge < -0.3 is 19.2 Å². The summed E-state index contributed by atoms with van der Waals surface area (Å²) in [6, 6.07) is 2.15. The summed E-state index contributed by atoms with van der Waals surface area (Å²) in [5.74, 6) is -0.252. The number of hydrogen-bond donors (Lipinski definition) is 1. The van der Waals surface area contributed by atoms with E-state index in [-0.39, 0.29) is 12.3 Å². The van der Waals surface area contributed by atoms with Crippen molar-refractivity contribution in [2.24, 2.45) is 0 Å². The van der Waals surface area contributed by atoms with Gasteiger partial charge in [-0.15, -0.1) is 0 Å². The van der Waals surface area contributed by atoms with E-state index < -0.39 is 0 Å². The Morgan fingerprint density at radius 3 is 3.05 bits per heavy atom. The number of aromatic amines is 1. The van der Waals surface area contributed by atoms with Crippen LogP contribution in [0, 0.1) is 11.3 Å². The quantitative estimate of drug-likeness (QED) is 0.780. The minimum atomic E-state index is -0.252. The molecule has 0 radical (unpaired) electrons. The molecule has 22 heavy (non-hydrogen) atoms. The second kappa shape index (κ2) is 8.57. The zero-order valence-corrected chi connectivity index (χ0v) is 12.9. The normalized spacial score (nSPS) is 17.9. The van der Waals surface area contributed by atoms with Crippen molar-refractivity contribution < 1.29 is 19.0 Å². The monoisotopic (exact) mass is 307 g/mol. The van der Waals surface area contributed by atoms with E-state index in [1.165, 1.54) is 7.11 Å². The van der Waals surface area contributed by atoms with Crippen molar-refractivity contribution >= 4 is 5.97 Å². The molecule has 2 heterocycles. The molecule has 0 spiro atoms. The minimum Gasteiger partial charge on any atom is -0.469 e. The first-order valence-corrected chi connectivity index (χ1v) is 7.64. The first-order chi connectivity index (χ1) is 10.7. The molecule has 120 valence electrons. The molecule has 1 saturated heterocycles. The topological polar surface area (TPSA) is 84.3 Å². The number of hydrogen-bond acceptors (Lipinski definition) is 5. The highest BCUT2D eigenvalue weighted by atomic mass is 16.7. The van der Waals surface area contributed by atoms with Crippen LogP contribution >= 0.6 is 0 Å². The summed E-state index contributed by atoms with van der Waals surface area (Å²) in [4.78, 5) is 14.2. The van der Waals surface area contributed by atoms with Gasteiger partial charge in [0.05, 0.1) is 13.7 Å². The summed E-state index contributed by atoms with van der Waals surface area (Å²) >= 11 is 0. The second-order valence-electron chi connectivity index (χ2n) is 5.27. The van der Waals surface area contributed by atoms with Crippen LogP contribution in [0.4, 0.5) is 0 Å². The van der Waals surface area contributed by atoms with Crippen molar-refractivity contribution in [3.8, 4) is 6.07 Å². The van der Waals surface area contributed by atoms with E-state index in [2.05, 4.69) is 15.8 Å². The SMILES string of the molecule is COC(=O)CCc1c[nH]c(C#N)[13c]1CCOC1CCCCO1. The largest absolute Gasteiger partial charge is 0.469 e. The second-order valence-corrected chi connectivity index (χ2v) is 5.27. The molecular formula is C16H22N2O4. The summed E-state index contributed by atoms with van der Waals surface area (Å²) in [6.07, 6.45) is 6.29. The predicted molar refractivity (Wildman–Crippen MR) is 79.1 cm³/mol. The molecule has 1 aliphatic heterocycles. The van der Waals surface area contributed by atoms with Gasteiger partial charge in [-0.3, -0.25) is 4.79 Å². The summed E-state index contributed by atoms with van der Waals surface area (Å²) in [5, 5.41) is 9.17. The Morgan fingerprint density at radius 1 is 1.50 bits per heavy atom. The first kappa shape index (κ1) is 16.5. The molecule has 1 fully saturated rings. The predicted octanol–water partition coefficient (Wildman–Crippen LogP) is 2.08. The van der Waals surface area contributed by atoms with Crippen LogP contribution in [0.3, 0.4) is 0 Å². The maximum atomic E-state index is 11.3. The van der Waals surface area contributed by atoms with Gasteiger partial charge in [-0.05, 0) is 43.2 Å². The Morgan fingerprint density at radius 2 is 2.36 bits per heavy atom. The van der Waals surface area contributed by atoms with E-state index in [4.69, 9.17) is 14.7 Å². The van der Waals surface area contributed by atoms with Crippen LogP contribution in [0.25, 0.3) is 0 Å². The van der Waals surface area contributed by atoms with Crippen LogP contribution < -0.4 is 0 Å². The van der Waals surface area contributed by atoms with E-state index in [1.807, 2.05) is 0 Å².